The Balaban J connectivity index is 1.53. The number of piperazine rings is 1. The molecule has 0 radical (unpaired) electrons. The van der Waals surface area contributed by atoms with Gasteiger partial charge in [0.2, 0.25) is 0 Å². The van der Waals surface area contributed by atoms with Crippen molar-refractivity contribution in [3.63, 3.8) is 0 Å². The van der Waals surface area contributed by atoms with Gasteiger partial charge < -0.3 is 10.2 Å². The fourth-order valence-corrected chi connectivity index (χ4v) is 4.13. The van der Waals surface area contributed by atoms with Crippen LogP contribution in [0.25, 0.3) is 0 Å². The zero-order valence-corrected chi connectivity index (χ0v) is 18.3. The topological polar surface area (TPSA) is 31.4 Å². The second-order valence-electron chi connectivity index (χ2n) is 8.94. The second kappa shape index (κ2) is 8.88. The Bertz CT molecular complexity index is 887. The van der Waals surface area contributed by atoms with Crippen molar-refractivity contribution in [2.24, 2.45) is 0 Å². The molecule has 4 heteroatoms. The summed E-state index contributed by atoms with van der Waals surface area (Å²) < 4.78 is 0. The van der Waals surface area contributed by atoms with Gasteiger partial charge in [-0.2, -0.15) is 0 Å². The van der Waals surface area contributed by atoms with Crippen molar-refractivity contribution in [2.45, 2.75) is 32.4 Å². The van der Waals surface area contributed by atoms with Crippen LogP contribution in [0.3, 0.4) is 0 Å². The Kier molecular flexibility index (Phi) is 6.05. The molecular formula is C26H32N4. The molecule has 4 nitrogen and oxygen atoms in total. The number of hydrogen-bond donors (Lipinski definition) is 1. The minimum absolute atomic E-state index is 0.0629. The van der Waals surface area contributed by atoms with Gasteiger partial charge >= 0.3 is 0 Å². The van der Waals surface area contributed by atoms with Gasteiger partial charge in [-0.1, -0.05) is 60.7 Å². The summed E-state index contributed by atoms with van der Waals surface area (Å²) in [4.78, 5) is 9.66. The number of rotatable bonds is 5. The molecule has 0 saturated carbocycles. The zero-order chi connectivity index (χ0) is 21.0. The maximum Gasteiger partial charge on any atom is 0.128 e. The summed E-state index contributed by atoms with van der Waals surface area (Å²) in [5.41, 5.74) is 3.93. The highest BCUT2D eigenvalue weighted by atomic mass is 15.3. The summed E-state index contributed by atoms with van der Waals surface area (Å²) in [6.45, 7) is 11.2. The molecule has 0 amide bonds. The average Bonchev–Trinajstić information content (AvgIpc) is 2.78. The number of aromatic nitrogens is 1. The van der Waals surface area contributed by atoms with Crippen LogP contribution in [0.4, 0.5) is 11.5 Å². The van der Waals surface area contributed by atoms with E-state index in [4.69, 9.17) is 0 Å². The molecule has 1 fully saturated rings. The first-order valence-electron chi connectivity index (χ1n) is 10.8. The monoisotopic (exact) mass is 400 g/mol. The molecular weight excluding hydrogens is 368 g/mol. The van der Waals surface area contributed by atoms with Crippen molar-refractivity contribution in [1.82, 2.24) is 9.88 Å². The first kappa shape index (κ1) is 20.4. The Labute approximate surface area is 180 Å². The van der Waals surface area contributed by atoms with E-state index >= 15 is 0 Å². The van der Waals surface area contributed by atoms with Gasteiger partial charge in [-0.25, -0.2) is 4.98 Å². The van der Waals surface area contributed by atoms with Gasteiger partial charge in [-0.15, -0.1) is 0 Å². The van der Waals surface area contributed by atoms with Crippen LogP contribution in [0, 0.1) is 0 Å². The van der Waals surface area contributed by atoms with Crippen molar-refractivity contribution in [3.05, 3.63) is 90.1 Å². The molecule has 1 aliphatic heterocycles. The highest BCUT2D eigenvalue weighted by Gasteiger charge is 2.26. The van der Waals surface area contributed by atoms with Gasteiger partial charge in [0.25, 0.3) is 0 Å². The van der Waals surface area contributed by atoms with Gasteiger partial charge in [-0.05, 0) is 38.0 Å². The number of anilines is 2. The van der Waals surface area contributed by atoms with E-state index in [9.17, 15) is 0 Å². The normalized spacial score (nSPS) is 15.4. The molecule has 1 aliphatic rings. The van der Waals surface area contributed by atoms with Crippen LogP contribution in [0.15, 0.2) is 79.0 Å². The largest absolute Gasteiger partial charge is 0.369 e. The molecule has 1 saturated heterocycles. The number of pyridine rings is 1. The molecule has 0 spiro atoms. The lowest BCUT2D eigenvalue weighted by Crippen LogP contribution is -2.53. The van der Waals surface area contributed by atoms with Crippen molar-refractivity contribution < 1.29 is 0 Å². The van der Waals surface area contributed by atoms with Crippen LogP contribution in [0.2, 0.25) is 0 Å². The van der Waals surface area contributed by atoms with E-state index in [1.807, 2.05) is 6.20 Å². The number of nitrogens with one attached hydrogen (secondary N) is 1. The average molecular weight is 401 g/mol. The Morgan fingerprint density at radius 2 is 1.37 bits per heavy atom. The summed E-state index contributed by atoms with van der Waals surface area (Å²) in [5.74, 6) is 0.906. The molecule has 4 rings (SSSR count). The summed E-state index contributed by atoms with van der Waals surface area (Å²) >= 11 is 0. The third-order valence-electron chi connectivity index (χ3n) is 5.90. The quantitative estimate of drug-likeness (QED) is 0.637. The fourth-order valence-electron chi connectivity index (χ4n) is 4.13. The number of benzene rings is 2. The first-order valence-corrected chi connectivity index (χ1v) is 10.8. The van der Waals surface area contributed by atoms with E-state index in [0.717, 1.165) is 32.0 Å². The molecule has 1 N–H and O–H groups in total. The molecule has 30 heavy (non-hydrogen) atoms. The Hall–Kier alpha value is -2.85. The van der Waals surface area contributed by atoms with Crippen molar-refractivity contribution in [1.29, 1.82) is 0 Å². The SMILES string of the molecule is CC(C)(C)N1CCN(c2ccnc(NC(c3ccccc3)c3ccccc3)c2)CC1. The standard InChI is InChI=1S/C26H32N4/c1-26(2,3)30-18-16-29(17-19-30)23-14-15-27-24(20-23)28-25(21-10-6-4-7-11-21)22-12-8-5-9-13-22/h4-15,20,25H,16-19H2,1-3H3,(H,27,28). The van der Waals surface area contributed by atoms with Crippen molar-refractivity contribution in [3.8, 4) is 0 Å². The van der Waals surface area contributed by atoms with E-state index < -0.39 is 0 Å². The molecule has 0 atom stereocenters. The summed E-state index contributed by atoms with van der Waals surface area (Å²) in [5, 5.41) is 3.68. The van der Waals surface area contributed by atoms with E-state index in [2.05, 4.69) is 114 Å². The number of hydrogen-bond acceptors (Lipinski definition) is 4. The third-order valence-corrected chi connectivity index (χ3v) is 5.90. The van der Waals surface area contributed by atoms with Crippen LogP contribution in [0.5, 0.6) is 0 Å². The molecule has 2 aromatic carbocycles. The highest BCUT2D eigenvalue weighted by molar-refractivity contribution is 5.56. The van der Waals surface area contributed by atoms with Crippen LogP contribution in [-0.4, -0.2) is 41.6 Å². The van der Waals surface area contributed by atoms with E-state index in [-0.39, 0.29) is 11.6 Å². The molecule has 0 bridgehead atoms. The smallest absolute Gasteiger partial charge is 0.128 e. The maximum absolute atomic E-state index is 4.63. The third kappa shape index (κ3) is 4.82. The lowest BCUT2D eigenvalue weighted by atomic mass is 9.99. The van der Waals surface area contributed by atoms with Crippen LogP contribution in [0.1, 0.15) is 37.9 Å². The Morgan fingerprint density at radius 1 is 0.800 bits per heavy atom. The minimum Gasteiger partial charge on any atom is -0.369 e. The molecule has 3 aromatic rings. The van der Waals surface area contributed by atoms with Crippen molar-refractivity contribution >= 4 is 11.5 Å². The summed E-state index contributed by atoms with van der Waals surface area (Å²) in [6, 6.07) is 25.5. The van der Waals surface area contributed by atoms with Gasteiger partial charge in [-0.3, -0.25) is 4.90 Å². The maximum atomic E-state index is 4.63. The van der Waals surface area contributed by atoms with Crippen LogP contribution >= 0.6 is 0 Å². The van der Waals surface area contributed by atoms with Crippen LogP contribution < -0.4 is 10.2 Å². The second-order valence-corrected chi connectivity index (χ2v) is 8.94. The van der Waals surface area contributed by atoms with Gasteiger partial charge in [0.1, 0.15) is 5.82 Å². The first-order chi connectivity index (χ1) is 14.5. The molecule has 156 valence electrons. The lowest BCUT2D eigenvalue weighted by Gasteiger charge is -2.43. The van der Waals surface area contributed by atoms with E-state index in [0.29, 0.717) is 0 Å². The highest BCUT2D eigenvalue weighted by Crippen LogP contribution is 2.28. The predicted molar refractivity (Wildman–Crippen MR) is 126 cm³/mol. The van der Waals surface area contributed by atoms with Gasteiger partial charge in [0.15, 0.2) is 0 Å². The number of nitrogens with zero attached hydrogens (tertiary/aromatic N) is 3. The molecule has 0 unspecified atom stereocenters. The summed E-state index contributed by atoms with van der Waals surface area (Å²) in [6.07, 6.45) is 1.92. The summed E-state index contributed by atoms with van der Waals surface area (Å²) in [7, 11) is 0. The van der Waals surface area contributed by atoms with Crippen LogP contribution in [-0.2, 0) is 0 Å². The molecule has 2 heterocycles. The molecule has 1 aromatic heterocycles. The lowest BCUT2D eigenvalue weighted by molar-refractivity contribution is 0.128. The Morgan fingerprint density at radius 3 is 1.90 bits per heavy atom. The van der Waals surface area contributed by atoms with E-state index in [1.54, 1.807) is 0 Å². The van der Waals surface area contributed by atoms with Gasteiger partial charge in [0.05, 0.1) is 6.04 Å². The predicted octanol–water partition coefficient (Wildman–Crippen LogP) is 5.20. The van der Waals surface area contributed by atoms with Gasteiger partial charge in [0, 0.05) is 49.7 Å². The zero-order valence-electron chi connectivity index (χ0n) is 18.3. The molecule has 0 aliphatic carbocycles. The van der Waals surface area contributed by atoms with Crippen molar-refractivity contribution in [2.75, 3.05) is 36.4 Å². The minimum atomic E-state index is 0.0629. The van der Waals surface area contributed by atoms with E-state index in [1.165, 1.54) is 16.8 Å². The fraction of sp³-hybridized carbons (Fsp3) is 0.346.